The summed E-state index contributed by atoms with van der Waals surface area (Å²) < 4.78 is 18.6. The number of carbonyl (C=O) groups excluding carboxylic acids is 1. The van der Waals surface area contributed by atoms with Crippen molar-refractivity contribution >= 4 is 5.91 Å². The number of benzene rings is 1. The number of rotatable bonds is 4. The largest absolute Gasteiger partial charge is 0.370 e. The highest BCUT2D eigenvalue weighted by molar-refractivity contribution is 5.78. The number of hydrogen-bond acceptors (Lipinski definition) is 3. The fourth-order valence-electron chi connectivity index (χ4n) is 2.41. The first-order valence-electron chi connectivity index (χ1n) is 6.97. The zero-order chi connectivity index (χ0) is 14.5. The molecule has 5 heteroatoms. The zero-order valence-electron chi connectivity index (χ0n) is 11.7. The normalized spacial score (nSPS) is 20.8. The van der Waals surface area contributed by atoms with E-state index in [2.05, 4.69) is 0 Å². The molecule has 1 saturated heterocycles. The van der Waals surface area contributed by atoms with Gasteiger partial charge in [0, 0.05) is 12.5 Å². The summed E-state index contributed by atoms with van der Waals surface area (Å²) in [5.41, 5.74) is 6.40. The minimum atomic E-state index is -0.269. The lowest BCUT2D eigenvalue weighted by Gasteiger charge is -2.34. The van der Waals surface area contributed by atoms with E-state index in [-0.39, 0.29) is 23.7 Å². The molecule has 0 saturated carbocycles. The molecular weight excluding hydrogens is 259 g/mol. The Balaban J connectivity index is 2.01. The van der Waals surface area contributed by atoms with Crippen LogP contribution in [0.5, 0.6) is 0 Å². The molecule has 1 aromatic rings. The van der Waals surface area contributed by atoms with Gasteiger partial charge in [0.1, 0.15) is 11.9 Å². The quantitative estimate of drug-likeness (QED) is 0.913. The molecule has 2 N–H and O–H groups in total. The van der Waals surface area contributed by atoms with E-state index in [4.69, 9.17) is 10.5 Å². The van der Waals surface area contributed by atoms with Crippen LogP contribution in [0.3, 0.4) is 0 Å². The van der Waals surface area contributed by atoms with E-state index in [1.807, 2.05) is 11.8 Å². The van der Waals surface area contributed by atoms with Crippen molar-refractivity contribution in [3.63, 3.8) is 0 Å². The van der Waals surface area contributed by atoms with Gasteiger partial charge in [-0.05, 0) is 30.7 Å². The van der Waals surface area contributed by atoms with Crippen LogP contribution in [0.4, 0.5) is 4.39 Å². The minimum Gasteiger partial charge on any atom is -0.370 e. The Morgan fingerprint density at radius 3 is 2.85 bits per heavy atom. The van der Waals surface area contributed by atoms with E-state index in [1.54, 1.807) is 12.1 Å². The summed E-state index contributed by atoms with van der Waals surface area (Å²) in [5.74, 6) is -0.216. The van der Waals surface area contributed by atoms with E-state index in [9.17, 15) is 9.18 Å². The van der Waals surface area contributed by atoms with Crippen molar-refractivity contribution in [1.29, 1.82) is 0 Å². The zero-order valence-corrected chi connectivity index (χ0v) is 11.7. The SMILES string of the molecule is CC(CCN)C(=O)N1CCOC(c2ccc(F)cc2)C1. The summed E-state index contributed by atoms with van der Waals surface area (Å²) in [6, 6.07) is 6.24. The van der Waals surface area contributed by atoms with Crippen LogP contribution in [0.1, 0.15) is 25.0 Å². The maximum atomic E-state index is 12.9. The summed E-state index contributed by atoms with van der Waals surface area (Å²) in [5, 5.41) is 0. The molecule has 20 heavy (non-hydrogen) atoms. The van der Waals surface area contributed by atoms with Gasteiger partial charge in [-0.1, -0.05) is 19.1 Å². The van der Waals surface area contributed by atoms with Gasteiger partial charge < -0.3 is 15.4 Å². The van der Waals surface area contributed by atoms with Gasteiger partial charge in [-0.3, -0.25) is 4.79 Å². The monoisotopic (exact) mass is 280 g/mol. The molecule has 1 aromatic carbocycles. The topological polar surface area (TPSA) is 55.6 Å². The Kier molecular flexibility index (Phi) is 5.09. The smallest absolute Gasteiger partial charge is 0.225 e. The first kappa shape index (κ1) is 14.9. The third-order valence-electron chi connectivity index (χ3n) is 3.64. The van der Waals surface area contributed by atoms with Crippen LogP contribution in [0.25, 0.3) is 0 Å². The molecule has 2 atom stereocenters. The summed E-state index contributed by atoms with van der Waals surface area (Å²) in [6.07, 6.45) is 0.510. The molecule has 0 bridgehead atoms. The molecule has 2 rings (SSSR count). The Hall–Kier alpha value is -1.46. The van der Waals surface area contributed by atoms with Gasteiger partial charge >= 0.3 is 0 Å². The molecule has 0 radical (unpaired) electrons. The van der Waals surface area contributed by atoms with Crippen molar-refractivity contribution in [1.82, 2.24) is 4.90 Å². The van der Waals surface area contributed by atoms with Crippen molar-refractivity contribution < 1.29 is 13.9 Å². The van der Waals surface area contributed by atoms with Crippen molar-refractivity contribution in [2.45, 2.75) is 19.4 Å². The maximum Gasteiger partial charge on any atom is 0.225 e. The lowest BCUT2D eigenvalue weighted by Crippen LogP contribution is -2.44. The van der Waals surface area contributed by atoms with Gasteiger partial charge in [-0.25, -0.2) is 4.39 Å². The molecule has 0 aromatic heterocycles. The highest BCUT2D eigenvalue weighted by Crippen LogP contribution is 2.23. The van der Waals surface area contributed by atoms with Crippen LogP contribution >= 0.6 is 0 Å². The molecule has 1 aliphatic rings. The van der Waals surface area contributed by atoms with E-state index >= 15 is 0 Å². The Labute approximate surface area is 118 Å². The predicted octanol–water partition coefficient (Wildman–Crippen LogP) is 1.71. The molecular formula is C15H21FN2O2. The van der Waals surface area contributed by atoms with Gasteiger partial charge in [0.25, 0.3) is 0 Å². The van der Waals surface area contributed by atoms with Crippen molar-refractivity contribution in [2.75, 3.05) is 26.2 Å². The van der Waals surface area contributed by atoms with Crippen LogP contribution in [-0.4, -0.2) is 37.0 Å². The van der Waals surface area contributed by atoms with Gasteiger partial charge in [-0.15, -0.1) is 0 Å². The number of nitrogens with two attached hydrogens (primary N) is 1. The second-order valence-corrected chi connectivity index (χ2v) is 5.17. The summed E-state index contributed by atoms with van der Waals surface area (Å²) in [4.78, 5) is 14.1. The number of halogens is 1. The van der Waals surface area contributed by atoms with Gasteiger partial charge in [0.05, 0.1) is 13.2 Å². The van der Waals surface area contributed by atoms with Crippen molar-refractivity contribution in [2.24, 2.45) is 11.7 Å². The predicted molar refractivity (Wildman–Crippen MR) is 74.5 cm³/mol. The van der Waals surface area contributed by atoms with Crippen LogP contribution in [0.2, 0.25) is 0 Å². The van der Waals surface area contributed by atoms with E-state index in [0.29, 0.717) is 32.7 Å². The third-order valence-corrected chi connectivity index (χ3v) is 3.64. The molecule has 1 fully saturated rings. The summed E-state index contributed by atoms with van der Waals surface area (Å²) >= 11 is 0. The third kappa shape index (κ3) is 3.55. The van der Waals surface area contributed by atoms with Crippen LogP contribution in [-0.2, 0) is 9.53 Å². The minimum absolute atomic E-state index is 0.0630. The van der Waals surface area contributed by atoms with Crippen LogP contribution < -0.4 is 5.73 Å². The molecule has 4 nitrogen and oxygen atoms in total. The second kappa shape index (κ2) is 6.81. The first-order chi connectivity index (χ1) is 9.61. The Bertz CT molecular complexity index is 450. The lowest BCUT2D eigenvalue weighted by atomic mass is 10.0. The average Bonchev–Trinajstić information content (AvgIpc) is 2.47. The second-order valence-electron chi connectivity index (χ2n) is 5.17. The summed E-state index contributed by atoms with van der Waals surface area (Å²) in [6.45, 7) is 4.03. The number of amides is 1. The first-order valence-corrected chi connectivity index (χ1v) is 6.97. The maximum absolute atomic E-state index is 12.9. The average molecular weight is 280 g/mol. The fourth-order valence-corrected chi connectivity index (χ4v) is 2.41. The molecule has 110 valence electrons. The van der Waals surface area contributed by atoms with Crippen molar-refractivity contribution in [3.8, 4) is 0 Å². The molecule has 1 heterocycles. The number of nitrogens with zero attached hydrogens (tertiary/aromatic N) is 1. The number of morpholine rings is 1. The summed E-state index contributed by atoms with van der Waals surface area (Å²) in [7, 11) is 0. The van der Waals surface area contributed by atoms with Gasteiger partial charge in [0.15, 0.2) is 0 Å². The molecule has 1 aliphatic heterocycles. The lowest BCUT2D eigenvalue weighted by molar-refractivity contribution is -0.143. The number of carbonyl (C=O) groups is 1. The molecule has 0 spiro atoms. The fraction of sp³-hybridized carbons (Fsp3) is 0.533. The van der Waals surface area contributed by atoms with Crippen LogP contribution in [0, 0.1) is 11.7 Å². The Morgan fingerprint density at radius 1 is 1.50 bits per heavy atom. The Morgan fingerprint density at radius 2 is 2.20 bits per heavy atom. The molecule has 1 amide bonds. The van der Waals surface area contributed by atoms with E-state index in [0.717, 1.165) is 5.56 Å². The van der Waals surface area contributed by atoms with Crippen molar-refractivity contribution in [3.05, 3.63) is 35.6 Å². The van der Waals surface area contributed by atoms with Gasteiger partial charge in [0.2, 0.25) is 5.91 Å². The standard InChI is InChI=1S/C15H21FN2O2/c1-11(6-7-17)15(19)18-8-9-20-14(10-18)12-2-4-13(16)5-3-12/h2-5,11,14H,6-10,17H2,1H3. The highest BCUT2D eigenvalue weighted by atomic mass is 19.1. The number of hydrogen-bond donors (Lipinski definition) is 1. The number of ether oxygens (including phenoxy) is 1. The van der Waals surface area contributed by atoms with Crippen LogP contribution in [0.15, 0.2) is 24.3 Å². The molecule has 2 unspecified atom stereocenters. The van der Waals surface area contributed by atoms with E-state index < -0.39 is 0 Å². The highest BCUT2D eigenvalue weighted by Gasteiger charge is 2.27. The molecule has 0 aliphatic carbocycles. The van der Waals surface area contributed by atoms with Gasteiger partial charge in [-0.2, -0.15) is 0 Å². The van der Waals surface area contributed by atoms with E-state index in [1.165, 1.54) is 12.1 Å².